The van der Waals surface area contributed by atoms with Gasteiger partial charge in [-0.1, -0.05) is 31.1 Å². The molecule has 0 radical (unpaired) electrons. The van der Waals surface area contributed by atoms with E-state index in [0.29, 0.717) is 12.6 Å². The summed E-state index contributed by atoms with van der Waals surface area (Å²) in [4.78, 5) is 17.7. The molecule has 1 aliphatic heterocycles. The van der Waals surface area contributed by atoms with Crippen LogP contribution in [0.1, 0.15) is 54.9 Å². The molecule has 24 heteroatoms. The van der Waals surface area contributed by atoms with Crippen molar-refractivity contribution in [3.63, 3.8) is 0 Å². The highest BCUT2D eigenvalue weighted by Gasteiger charge is 2.50. The predicted octanol–water partition coefficient (Wildman–Crippen LogP) is -0.336. The van der Waals surface area contributed by atoms with E-state index >= 15 is 4.39 Å². The highest BCUT2D eigenvalue weighted by Crippen LogP contribution is 2.44. The molecular formula is C29H35F4N7O12S. The molecule has 4 aromatic rings. The third-order valence-corrected chi connectivity index (χ3v) is 9.62. The Hall–Kier alpha value is -4.08. The van der Waals surface area contributed by atoms with E-state index < -0.39 is 79.1 Å². The zero-order valence-corrected chi connectivity index (χ0v) is 28.4. The molecule has 0 aliphatic carbocycles. The van der Waals surface area contributed by atoms with Crippen LogP contribution in [0.3, 0.4) is 0 Å². The number of hydrogen-bond donors (Lipinski definition) is 11. The number of nitrogens with zero attached hydrogens (tertiary/aromatic N) is 5. The Bertz CT molecular complexity index is 1920. The molecule has 292 valence electrons. The Balaban J connectivity index is 1.43. The summed E-state index contributed by atoms with van der Waals surface area (Å²) < 4.78 is 67.3. The molecule has 1 amide bonds. The van der Waals surface area contributed by atoms with E-state index in [0.717, 1.165) is 16.2 Å². The highest BCUT2D eigenvalue weighted by molar-refractivity contribution is 7.23. The fourth-order valence-electron chi connectivity index (χ4n) is 6.20. The molecule has 5 rings (SSSR count). The van der Waals surface area contributed by atoms with Gasteiger partial charge in [-0.3, -0.25) is 4.79 Å². The molecule has 19 nitrogen and oxygen atoms in total. The maximum atomic E-state index is 15.9. The second-order valence-electron chi connectivity index (χ2n) is 12.1. The van der Waals surface area contributed by atoms with Gasteiger partial charge in [-0.25, -0.2) is 9.29 Å². The smallest absolute Gasteiger partial charge is 0.396 e. The first kappa shape index (κ1) is 40.1. The molecule has 3 aromatic heterocycles. The van der Waals surface area contributed by atoms with Gasteiger partial charge in [0, 0.05) is 6.04 Å². The quantitative estimate of drug-likeness (QED) is 0.0611. The number of thiophene rings is 1. The SMILES string of the molecule is CCC1CC(Nc2cccc3c(CC(F)(F)F)c(-c4noc(CNC(=O)c5cn(C(O)(O)O)nc5OC(O)(O)O)n4)sc23)C(F)C(CC)N1C(O)(O)O. The number of aromatic nitrogens is 4. The number of piperidine rings is 1. The Labute approximate surface area is 298 Å². The van der Waals surface area contributed by atoms with Crippen molar-refractivity contribution < 1.29 is 77.6 Å². The zero-order valence-electron chi connectivity index (χ0n) is 27.6. The molecule has 0 saturated carbocycles. The number of alkyl halides is 4. The lowest BCUT2D eigenvalue weighted by molar-refractivity contribution is -0.421. The largest absolute Gasteiger partial charge is 0.454 e. The maximum Gasteiger partial charge on any atom is 0.454 e. The highest BCUT2D eigenvalue weighted by atomic mass is 32.1. The van der Waals surface area contributed by atoms with Crippen LogP contribution in [-0.2, 0) is 19.1 Å². The summed E-state index contributed by atoms with van der Waals surface area (Å²) in [5.74, 6) is -2.97. The molecule has 1 aromatic carbocycles. The minimum atomic E-state index is -4.70. The minimum Gasteiger partial charge on any atom is -0.396 e. The summed E-state index contributed by atoms with van der Waals surface area (Å²) in [5.41, 5.74) is -0.756. The van der Waals surface area contributed by atoms with Crippen molar-refractivity contribution in [2.75, 3.05) is 5.32 Å². The Kier molecular flexibility index (Phi) is 11.1. The molecule has 0 spiro atoms. The number of aliphatic hydroxyl groups is 9. The van der Waals surface area contributed by atoms with Gasteiger partial charge in [0.15, 0.2) is 0 Å². The minimum absolute atomic E-state index is 0.00228. The van der Waals surface area contributed by atoms with E-state index in [1.807, 2.05) is 0 Å². The number of nitrogens with one attached hydrogen (secondary N) is 2. The molecule has 4 atom stereocenters. The first-order chi connectivity index (χ1) is 24.5. The van der Waals surface area contributed by atoms with Gasteiger partial charge in [0.2, 0.25) is 11.7 Å². The summed E-state index contributed by atoms with van der Waals surface area (Å²) in [6.07, 6.45) is -17.9. The Morgan fingerprint density at radius 3 is 2.34 bits per heavy atom. The Morgan fingerprint density at radius 1 is 1.06 bits per heavy atom. The van der Waals surface area contributed by atoms with E-state index in [4.69, 9.17) is 19.8 Å². The number of ether oxygens (including phenoxy) is 1. The van der Waals surface area contributed by atoms with E-state index in [9.17, 15) is 48.6 Å². The van der Waals surface area contributed by atoms with E-state index in [2.05, 4.69) is 30.6 Å². The van der Waals surface area contributed by atoms with Crippen LogP contribution in [0.4, 0.5) is 23.2 Å². The second kappa shape index (κ2) is 14.6. The number of likely N-dealkylation sites (tertiary alicyclic amines) is 1. The van der Waals surface area contributed by atoms with Gasteiger partial charge in [-0.2, -0.15) is 22.8 Å². The van der Waals surface area contributed by atoms with Gasteiger partial charge in [-0.05, 0) is 36.3 Å². The summed E-state index contributed by atoms with van der Waals surface area (Å²) in [5, 5.41) is 97.7. The molecule has 1 fully saturated rings. The van der Waals surface area contributed by atoms with E-state index in [1.54, 1.807) is 13.8 Å². The first-order valence-electron chi connectivity index (χ1n) is 15.7. The standard InChI is InChI=1S/C29H35F4N7O12S/c1-3-12-8-17(20(30)18(4-2)40(12)28(45,46)47)35-16-7-5-6-13-14(9-26(31,32)33)22(53-21(13)16)23-36-19(52-38-23)10-34-24(41)15-11-39(27(42,43)44)37-25(15)51-29(48,49)50/h5-7,11-12,17-18,20,35,42-50H,3-4,8-10H2,1-2H3,(H,34,41). The van der Waals surface area contributed by atoms with Gasteiger partial charge in [0.25, 0.3) is 11.8 Å². The van der Waals surface area contributed by atoms with Crippen LogP contribution >= 0.6 is 11.3 Å². The van der Waals surface area contributed by atoms with Gasteiger partial charge in [-0.15, -0.1) is 16.4 Å². The lowest BCUT2D eigenvalue weighted by Gasteiger charge is -2.49. The third-order valence-electron chi connectivity index (χ3n) is 8.34. The molecular weight excluding hydrogens is 746 g/mol. The number of anilines is 1. The second-order valence-corrected chi connectivity index (χ2v) is 13.1. The number of carbonyl (C=O) groups is 1. The van der Waals surface area contributed by atoms with Crippen molar-refractivity contribution in [1.29, 1.82) is 0 Å². The molecule has 0 bridgehead atoms. The zero-order chi connectivity index (χ0) is 39.3. The molecule has 1 saturated heterocycles. The van der Waals surface area contributed by atoms with Crippen molar-refractivity contribution in [1.82, 2.24) is 30.1 Å². The molecule has 11 N–H and O–H groups in total. The fourth-order valence-corrected chi connectivity index (χ4v) is 7.43. The van der Waals surface area contributed by atoms with Crippen LogP contribution in [-0.4, -0.2) is 119 Å². The third kappa shape index (κ3) is 9.01. The number of halogens is 4. The fraction of sp³-hybridized carbons (Fsp3) is 0.517. The summed E-state index contributed by atoms with van der Waals surface area (Å²) in [6.45, 7) is 2.71. The molecule has 53 heavy (non-hydrogen) atoms. The number of carbonyl (C=O) groups excluding carboxylic acids is 1. The predicted molar refractivity (Wildman–Crippen MR) is 169 cm³/mol. The van der Waals surface area contributed by atoms with Crippen LogP contribution in [0.25, 0.3) is 20.8 Å². The van der Waals surface area contributed by atoms with Crippen LogP contribution in [0.5, 0.6) is 5.88 Å². The van der Waals surface area contributed by atoms with Crippen LogP contribution in [0, 0.1) is 0 Å². The van der Waals surface area contributed by atoms with Gasteiger partial charge in [0.1, 0.15) is 11.7 Å². The average molecular weight is 782 g/mol. The van der Waals surface area contributed by atoms with Gasteiger partial charge >= 0.3 is 24.5 Å². The topological polar surface area (TPSA) is 292 Å². The summed E-state index contributed by atoms with van der Waals surface area (Å²) in [7, 11) is 0. The maximum absolute atomic E-state index is 15.9. The number of amides is 1. The van der Waals surface area contributed by atoms with Crippen molar-refractivity contribution in [2.45, 2.75) is 94.9 Å². The summed E-state index contributed by atoms with van der Waals surface area (Å²) in [6, 6.07) is 1.68. The molecule has 1 aliphatic rings. The average Bonchev–Trinajstić information content (AvgIpc) is 3.76. The lowest BCUT2D eigenvalue weighted by Crippen LogP contribution is -2.67. The molecule has 4 heterocycles. The van der Waals surface area contributed by atoms with Crippen LogP contribution < -0.4 is 15.4 Å². The number of rotatable bonds is 13. The van der Waals surface area contributed by atoms with Crippen LogP contribution in [0.15, 0.2) is 28.9 Å². The van der Waals surface area contributed by atoms with Crippen molar-refractivity contribution in [2.24, 2.45) is 0 Å². The van der Waals surface area contributed by atoms with Crippen molar-refractivity contribution >= 4 is 33.0 Å². The lowest BCUT2D eigenvalue weighted by atomic mass is 9.86. The van der Waals surface area contributed by atoms with Crippen molar-refractivity contribution in [3.05, 3.63) is 41.4 Å². The van der Waals surface area contributed by atoms with Gasteiger partial charge < -0.3 is 65.9 Å². The first-order valence-corrected chi connectivity index (χ1v) is 16.5. The van der Waals surface area contributed by atoms with Gasteiger partial charge in [0.05, 0.1) is 46.5 Å². The normalized spacial score (nSPS) is 20.6. The monoisotopic (exact) mass is 781 g/mol. The number of hydrogen-bond acceptors (Lipinski definition) is 18. The number of benzene rings is 1. The van der Waals surface area contributed by atoms with E-state index in [1.165, 1.54) is 18.2 Å². The number of fused-ring (bicyclic) bond motifs is 1. The van der Waals surface area contributed by atoms with E-state index in [-0.39, 0.29) is 55.5 Å². The van der Waals surface area contributed by atoms with Crippen LogP contribution in [0.2, 0.25) is 0 Å². The molecule has 4 unspecified atom stereocenters. The Morgan fingerprint density at radius 2 is 1.75 bits per heavy atom. The summed E-state index contributed by atoms with van der Waals surface area (Å²) >= 11 is 0.842. The van der Waals surface area contributed by atoms with Crippen molar-refractivity contribution in [3.8, 4) is 16.6 Å².